The molecule has 4 nitrogen and oxygen atoms in total. The van der Waals surface area contributed by atoms with Gasteiger partial charge in [0.1, 0.15) is 5.82 Å². The Morgan fingerprint density at radius 1 is 1.45 bits per heavy atom. The summed E-state index contributed by atoms with van der Waals surface area (Å²) in [6.07, 6.45) is 2.25. The maximum Gasteiger partial charge on any atom is 0.261 e. The molecule has 0 amide bonds. The summed E-state index contributed by atoms with van der Waals surface area (Å²) in [5.41, 5.74) is 0.616. The minimum Gasteiger partial charge on any atom is -0.308 e. The number of halogens is 1. The van der Waals surface area contributed by atoms with Crippen molar-refractivity contribution in [1.82, 2.24) is 14.9 Å². The van der Waals surface area contributed by atoms with E-state index in [1.807, 2.05) is 6.92 Å². The van der Waals surface area contributed by atoms with Gasteiger partial charge in [-0.25, -0.2) is 4.98 Å². The van der Waals surface area contributed by atoms with Gasteiger partial charge in [-0.05, 0) is 38.1 Å². The van der Waals surface area contributed by atoms with E-state index in [1.165, 1.54) is 0 Å². The van der Waals surface area contributed by atoms with Gasteiger partial charge in [0.2, 0.25) is 0 Å². The molecular weight excluding hydrogens is 274 g/mol. The molecule has 2 aromatic rings. The van der Waals surface area contributed by atoms with Crippen LogP contribution in [0.1, 0.15) is 38.6 Å². The van der Waals surface area contributed by atoms with Gasteiger partial charge in [-0.3, -0.25) is 9.36 Å². The molecule has 1 aromatic heterocycles. The van der Waals surface area contributed by atoms with Gasteiger partial charge in [0.15, 0.2) is 0 Å². The number of hydrogen-bond acceptors (Lipinski definition) is 3. The van der Waals surface area contributed by atoms with Crippen LogP contribution < -0.4 is 10.9 Å². The monoisotopic (exact) mass is 293 g/mol. The molecule has 2 rings (SSSR count). The Labute approximate surface area is 123 Å². The van der Waals surface area contributed by atoms with Crippen molar-refractivity contribution in [2.45, 2.75) is 32.7 Å². The van der Waals surface area contributed by atoms with Crippen LogP contribution in [0.2, 0.25) is 5.02 Å². The Kier molecular flexibility index (Phi) is 4.78. The van der Waals surface area contributed by atoms with Crippen molar-refractivity contribution >= 4 is 22.5 Å². The van der Waals surface area contributed by atoms with E-state index < -0.39 is 0 Å². The van der Waals surface area contributed by atoms with Crippen LogP contribution in [0.15, 0.2) is 23.0 Å². The van der Waals surface area contributed by atoms with E-state index >= 15 is 0 Å². The van der Waals surface area contributed by atoms with Crippen molar-refractivity contribution in [3.05, 3.63) is 39.4 Å². The van der Waals surface area contributed by atoms with Crippen molar-refractivity contribution in [2.75, 3.05) is 6.54 Å². The fourth-order valence-corrected chi connectivity index (χ4v) is 2.40. The molecule has 0 aliphatic carbocycles. The first-order valence-corrected chi connectivity index (χ1v) is 7.32. The van der Waals surface area contributed by atoms with E-state index in [0.717, 1.165) is 25.2 Å². The van der Waals surface area contributed by atoms with E-state index in [4.69, 9.17) is 11.6 Å². The predicted octanol–water partition coefficient (Wildman–Crippen LogP) is 3.04. The molecule has 1 heterocycles. The Bertz CT molecular complexity index is 666. The molecule has 0 bridgehead atoms. The normalized spacial score (nSPS) is 12.8. The first kappa shape index (κ1) is 15.0. The molecule has 108 valence electrons. The highest BCUT2D eigenvalue weighted by atomic mass is 35.5. The van der Waals surface area contributed by atoms with Gasteiger partial charge >= 0.3 is 0 Å². The molecule has 0 spiro atoms. The molecule has 20 heavy (non-hydrogen) atoms. The Morgan fingerprint density at radius 3 is 2.90 bits per heavy atom. The van der Waals surface area contributed by atoms with E-state index in [0.29, 0.717) is 15.9 Å². The lowest BCUT2D eigenvalue weighted by Gasteiger charge is -2.17. The van der Waals surface area contributed by atoms with Gasteiger partial charge in [0.25, 0.3) is 5.56 Å². The zero-order valence-electron chi connectivity index (χ0n) is 12.1. The van der Waals surface area contributed by atoms with Crippen molar-refractivity contribution in [3.8, 4) is 0 Å². The number of nitrogens with one attached hydrogen (secondary N) is 1. The third-order valence-electron chi connectivity index (χ3n) is 3.44. The highest BCUT2D eigenvalue weighted by Crippen LogP contribution is 2.17. The van der Waals surface area contributed by atoms with Gasteiger partial charge < -0.3 is 5.32 Å². The summed E-state index contributed by atoms with van der Waals surface area (Å²) in [5, 5.41) is 4.58. The van der Waals surface area contributed by atoms with Crippen molar-refractivity contribution in [2.24, 2.45) is 7.05 Å². The summed E-state index contributed by atoms with van der Waals surface area (Å²) < 4.78 is 1.61. The molecule has 5 heteroatoms. The lowest BCUT2D eigenvalue weighted by atomic mass is 10.2. The van der Waals surface area contributed by atoms with Crippen LogP contribution in [0.25, 0.3) is 10.9 Å². The van der Waals surface area contributed by atoms with Crippen molar-refractivity contribution in [1.29, 1.82) is 0 Å². The Balaban J connectivity index is 2.43. The lowest BCUT2D eigenvalue weighted by Crippen LogP contribution is -2.29. The predicted molar refractivity (Wildman–Crippen MR) is 83.3 cm³/mol. The highest BCUT2D eigenvalue weighted by molar-refractivity contribution is 6.31. The second-order valence-electron chi connectivity index (χ2n) is 5.03. The molecule has 0 saturated carbocycles. The van der Waals surface area contributed by atoms with Crippen LogP contribution in [0.4, 0.5) is 0 Å². The summed E-state index contributed by atoms with van der Waals surface area (Å²) in [6, 6.07) is 5.21. The summed E-state index contributed by atoms with van der Waals surface area (Å²) in [4.78, 5) is 16.9. The molecular formula is C15H20ClN3O. The average molecular weight is 294 g/mol. The number of benzene rings is 1. The quantitative estimate of drug-likeness (QED) is 0.862. The van der Waals surface area contributed by atoms with Crippen molar-refractivity contribution in [3.63, 3.8) is 0 Å². The van der Waals surface area contributed by atoms with Crippen LogP contribution in [-0.2, 0) is 7.05 Å². The fraction of sp³-hybridized carbons (Fsp3) is 0.467. The summed E-state index contributed by atoms with van der Waals surface area (Å²) in [7, 11) is 1.76. The molecule has 1 N–H and O–H groups in total. The number of aromatic nitrogens is 2. The Hall–Kier alpha value is -1.39. The number of nitrogens with zero attached hydrogens (tertiary/aromatic N) is 2. The third kappa shape index (κ3) is 3.02. The average Bonchev–Trinajstić information content (AvgIpc) is 2.42. The summed E-state index contributed by atoms with van der Waals surface area (Å²) >= 11 is 5.98. The molecule has 0 aliphatic heterocycles. The second-order valence-corrected chi connectivity index (χ2v) is 5.46. The van der Waals surface area contributed by atoms with Crippen LogP contribution >= 0.6 is 11.6 Å². The van der Waals surface area contributed by atoms with E-state index in [9.17, 15) is 4.79 Å². The number of fused-ring (bicyclic) bond motifs is 1. The van der Waals surface area contributed by atoms with Gasteiger partial charge in [0, 0.05) is 12.1 Å². The molecule has 0 saturated heterocycles. The number of hydrogen-bond donors (Lipinski definition) is 1. The maximum atomic E-state index is 12.3. The van der Waals surface area contributed by atoms with Crippen LogP contribution in [0, 0.1) is 0 Å². The van der Waals surface area contributed by atoms with Crippen LogP contribution in [0.3, 0.4) is 0 Å². The first-order chi connectivity index (χ1) is 9.54. The molecule has 1 atom stereocenters. The van der Waals surface area contributed by atoms with E-state index in [1.54, 1.807) is 29.8 Å². The van der Waals surface area contributed by atoms with Gasteiger partial charge in [-0.2, -0.15) is 0 Å². The molecule has 0 radical (unpaired) electrons. The van der Waals surface area contributed by atoms with E-state index in [-0.39, 0.29) is 11.6 Å². The van der Waals surface area contributed by atoms with Crippen LogP contribution in [0.5, 0.6) is 0 Å². The minimum absolute atomic E-state index is 0.0302. The lowest BCUT2D eigenvalue weighted by molar-refractivity contribution is 0.510. The molecule has 1 aromatic carbocycles. The zero-order chi connectivity index (χ0) is 14.7. The maximum absolute atomic E-state index is 12.3. The third-order valence-corrected chi connectivity index (χ3v) is 3.68. The van der Waals surface area contributed by atoms with Crippen molar-refractivity contribution < 1.29 is 0 Å². The molecule has 0 fully saturated rings. The van der Waals surface area contributed by atoms with Gasteiger partial charge in [-0.1, -0.05) is 24.9 Å². The number of unbranched alkanes of at least 4 members (excludes halogenated alkanes) is 1. The standard InChI is InChI=1S/C15H20ClN3O/c1-4-5-8-17-10(2)14-18-13-9-11(16)6-7-12(13)15(20)19(14)3/h6-7,9-10,17H,4-5,8H2,1-3H3. The summed E-state index contributed by atoms with van der Waals surface area (Å²) in [5.74, 6) is 0.737. The largest absolute Gasteiger partial charge is 0.308 e. The molecule has 1 unspecified atom stereocenters. The van der Waals surface area contributed by atoms with Crippen LogP contribution in [-0.4, -0.2) is 16.1 Å². The van der Waals surface area contributed by atoms with E-state index in [2.05, 4.69) is 17.2 Å². The van der Waals surface area contributed by atoms with Gasteiger partial charge in [-0.15, -0.1) is 0 Å². The minimum atomic E-state index is -0.0363. The Morgan fingerprint density at radius 2 is 2.20 bits per heavy atom. The highest BCUT2D eigenvalue weighted by Gasteiger charge is 2.13. The van der Waals surface area contributed by atoms with Gasteiger partial charge in [0.05, 0.1) is 16.9 Å². The smallest absolute Gasteiger partial charge is 0.261 e. The summed E-state index contributed by atoms with van der Waals surface area (Å²) in [6.45, 7) is 5.09. The first-order valence-electron chi connectivity index (χ1n) is 6.94. The zero-order valence-corrected chi connectivity index (χ0v) is 12.9. The number of rotatable bonds is 5. The molecule has 0 aliphatic rings. The fourth-order valence-electron chi connectivity index (χ4n) is 2.24. The SMILES string of the molecule is CCCCNC(C)c1nc2cc(Cl)ccc2c(=O)n1C. The topological polar surface area (TPSA) is 46.9 Å². The second kappa shape index (κ2) is 6.37.